The Kier molecular flexibility index (Phi) is 2.27. The second kappa shape index (κ2) is 2.80. The third-order valence-electron chi connectivity index (χ3n) is 1.53. The van der Waals surface area contributed by atoms with E-state index < -0.39 is 0 Å². The molecule has 0 spiro atoms. The van der Waals surface area contributed by atoms with Gasteiger partial charge in [0, 0.05) is 6.61 Å². The van der Waals surface area contributed by atoms with Crippen LogP contribution in [0, 0.1) is 0 Å². The zero-order chi connectivity index (χ0) is 5.98. The Morgan fingerprint density at radius 3 is 2.75 bits per heavy atom. The standard InChI is InChI=1S/C6H13OP/c1-5-4-6(8)2-3-7-5/h5-6H,2-4,8H2,1H3. The minimum atomic E-state index is 0.492. The van der Waals surface area contributed by atoms with Crippen molar-refractivity contribution in [2.45, 2.75) is 31.5 Å². The maximum atomic E-state index is 5.33. The monoisotopic (exact) mass is 132 g/mol. The first-order valence-corrected chi connectivity index (χ1v) is 3.83. The van der Waals surface area contributed by atoms with Crippen LogP contribution in [0.2, 0.25) is 0 Å². The molecule has 0 N–H and O–H groups in total. The molecule has 3 atom stereocenters. The van der Waals surface area contributed by atoms with Crippen molar-refractivity contribution in [2.24, 2.45) is 0 Å². The molecule has 0 aliphatic carbocycles. The van der Waals surface area contributed by atoms with Crippen LogP contribution in [-0.4, -0.2) is 18.4 Å². The summed E-state index contributed by atoms with van der Waals surface area (Å²) in [6.07, 6.45) is 2.92. The highest BCUT2D eigenvalue weighted by atomic mass is 31.0. The molecule has 0 saturated carbocycles. The summed E-state index contributed by atoms with van der Waals surface area (Å²) in [5.74, 6) is 0. The zero-order valence-corrected chi connectivity index (χ0v) is 6.42. The van der Waals surface area contributed by atoms with Gasteiger partial charge < -0.3 is 4.74 Å². The lowest BCUT2D eigenvalue weighted by Gasteiger charge is -2.23. The van der Waals surface area contributed by atoms with Crippen molar-refractivity contribution in [1.29, 1.82) is 0 Å². The molecule has 1 fully saturated rings. The minimum Gasteiger partial charge on any atom is -0.378 e. The van der Waals surface area contributed by atoms with E-state index in [1.165, 1.54) is 12.8 Å². The van der Waals surface area contributed by atoms with E-state index in [0.717, 1.165) is 12.3 Å². The summed E-state index contributed by atoms with van der Waals surface area (Å²) in [7, 11) is 2.85. The summed E-state index contributed by atoms with van der Waals surface area (Å²) < 4.78 is 5.33. The fourth-order valence-electron chi connectivity index (χ4n) is 1.03. The van der Waals surface area contributed by atoms with Crippen molar-refractivity contribution in [1.82, 2.24) is 0 Å². The third kappa shape index (κ3) is 1.72. The quantitative estimate of drug-likeness (QED) is 0.453. The van der Waals surface area contributed by atoms with Crippen molar-refractivity contribution in [2.75, 3.05) is 6.61 Å². The average Bonchev–Trinajstić information content (AvgIpc) is 1.64. The number of rotatable bonds is 0. The van der Waals surface area contributed by atoms with Crippen LogP contribution in [0.25, 0.3) is 0 Å². The molecule has 8 heavy (non-hydrogen) atoms. The molecule has 2 heteroatoms. The molecule has 1 nitrogen and oxygen atoms in total. The largest absolute Gasteiger partial charge is 0.378 e. The van der Waals surface area contributed by atoms with Crippen LogP contribution in [-0.2, 0) is 4.74 Å². The van der Waals surface area contributed by atoms with Crippen LogP contribution in [0.15, 0.2) is 0 Å². The Labute approximate surface area is 53.0 Å². The van der Waals surface area contributed by atoms with E-state index in [9.17, 15) is 0 Å². The van der Waals surface area contributed by atoms with Gasteiger partial charge in [-0.25, -0.2) is 0 Å². The summed E-state index contributed by atoms with van der Waals surface area (Å²) in [4.78, 5) is 0. The molecule has 0 aromatic rings. The Morgan fingerprint density at radius 1 is 1.62 bits per heavy atom. The van der Waals surface area contributed by atoms with Gasteiger partial charge in [0.25, 0.3) is 0 Å². The van der Waals surface area contributed by atoms with Gasteiger partial charge in [0.1, 0.15) is 0 Å². The molecule has 1 aliphatic rings. The van der Waals surface area contributed by atoms with Gasteiger partial charge in [-0.15, -0.1) is 9.24 Å². The molecule has 1 heterocycles. The van der Waals surface area contributed by atoms with Gasteiger partial charge in [-0.05, 0) is 25.4 Å². The molecular weight excluding hydrogens is 119 g/mol. The second-order valence-corrected chi connectivity index (χ2v) is 3.41. The molecule has 1 rings (SSSR count). The first-order chi connectivity index (χ1) is 3.79. The van der Waals surface area contributed by atoms with E-state index in [4.69, 9.17) is 4.74 Å². The van der Waals surface area contributed by atoms with Crippen LogP contribution >= 0.6 is 9.24 Å². The van der Waals surface area contributed by atoms with Crippen LogP contribution in [0.4, 0.5) is 0 Å². The molecule has 1 saturated heterocycles. The van der Waals surface area contributed by atoms with Gasteiger partial charge in [0.2, 0.25) is 0 Å². The highest BCUT2D eigenvalue weighted by Crippen LogP contribution is 2.19. The maximum absolute atomic E-state index is 5.33. The molecule has 0 aromatic heterocycles. The normalized spacial score (nSPS) is 39.8. The Hall–Kier alpha value is 0.390. The van der Waals surface area contributed by atoms with E-state index >= 15 is 0 Å². The lowest BCUT2D eigenvalue weighted by molar-refractivity contribution is 0.0313. The molecule has 3 unspecified atom stereocenters. The molecule has 1 aliphatic heterocycles. The van der Waals surface area contributed by atoms with Gasteiger partial charge >= 0.3 is 0 Å². The van der Waals surface area contributed by atoms with E-state index in [1.54, 1.807) is 0 Å². The summed E-state index contributed by atoms with van der Waals surface area (Å²) in [5, 5.41) is 0. The van der Waals surface area contributed by atoms with Crippen LogP contribution in [0.5, 0.6) is 0 Å². The lowest BCUT2D eigenvalue weighted by Crippen LogP contribution is -2.22. The highest BCUT2D eigenvalue weighted by molar-refractivity contribution is 7.17. The van der Waals surface area contributed by atoms with Crippen molar-refractivity contribution in [3.8, 4) is 0 Å². The summed E-state index contributed by atoms with van der Waals surface area (Å²) in [6, 6.07) is 0. The van der Waals surface area contributed by atoms with E-state index in [0.29, 0.717) is 6.10 Å². The van der Waals surface area contributed by atoms with E-state index in [2.05, 4.69) is 16.2 Å². The second-order valence-electron chi connectivity index (χ2n) is 2.47. The van der Waals surface area contributed by atoms with Gasteiger partial charge in [-0.1, -0.05) is 0 Å². The average molecular weight is 132 g/mol. The minimum absolute atomic E-state index is 0.492. The summed E-state index contributed by atoms with van der Waals surface area (Å²) in [6.45, 7) is 3.09. The van der Waals surface area contributed by atoms with Crippen LogP contribution in [0.1, 0.15) is 19.8 Å². The third-order valence-corrected chi connectivity index (χ3v) is 2.13. The predicted octanol–water partition coefficient (Wildman–Crippen LogP) is 1.43. The SMILES string of the molecule is CC1CC(P)CCO1. The van der Waals surface area contributed by atoms with Gasteiger partial charge in [0.05, 0.1) is 6.10 Å². The van der Waals surface area contributed by atoms with E-state index in [1.807, 2.05) is 0 Å². The first-order valence-electron chi connectivity index (χ1n) is 3.16. The van der Waals surface area contributed by atoms with Crippen molar-refractivity contribution in [3.05, 3.63) is 0 Å². The Balaban J connectivity index is 2.23. The molecule has 0 aromatic carbocycles. The summed E-state index contributed by atoms with van der Waals surface area (Å²) >= 11 is 0. The number of hydrogen-bond donors (Lipinski definition) is 0. The molecule has 0 bridgehead atoms. The predicted molar refractivity (Wildman–Crippen MR) is 38.1 cm³/mol. The molecular formula is C6H13OP. The van der Waals surface area contributed by atoms with Gasteiger partial charge in [-0.2, -0.15) is 0 Å². The fourth-order valence-corrected chi connectivity index (χ4v) is 1.55. The van der Waals surface area contributed by atoms with Crippen molar-refractivity contribution in [3.63, 3.8) is 0 Å². The Bertz CT molecular complexity index is 66.9. The molecule has 48 valence electrons. The fraction of sp³-hybridized carbons (Fsp3) is 1.00. The van der Waals surface area contributed by atoms with E-state index in [-0.39, 0.29) is 0 Å². The lowest BCUT2D eigenvalue weighted by atomic mass is 10.1. The Morgan fingerprint density at radius 2 is 2.38 bits per heavy atom. The highest BCUT2D eigenvalue weighted by Gasteiger charge is 2.14. The van der Waals surface area contributed by atoms with Crippen molar-refractivity contribution >= 4 is 9.24 Å². The topological polar surface area (TPSA) is 9.23 Å². The molecule has 0 amide bonds. The summed E-state index contributed by atoms with van der Waals surface area (Å²) in [5.41, 5.74) is 0.804. The zero-order valence-electron chi connectivity index (χ0n) is 5.26. The number of hydrogen-bond acceptors (Lipinski definition) is 1. The molecule has 0 radical (unpaired) electrons. The smallest absolute Gasteiger partial charge is 0.0552 e. The number of ether oxygens (including phenoxy) is 1. The van der Waals surface area contributed by atoms with Crippen LogP contribution in [0.3, 0.4) is 0 Å². The van der Waals surface area contributed by atoms with Gasteiger partial charge in [0.15, 0.2) is 0 Å². The van der Waals surface area contributed by atoms with Crippen LogP contribution < -0.4 is 0 Å². The maximum Gasteiger partial charge on any atom is 0.0552 e. The van der Waals surface area contributed by atoms with Crippen molar-refractivity contribution < 1.29 is 4.74 Å². The first kappa shape index (κ1) is 6.51. The van der Waals surface area contributed by atoms with Gasteiger partial charge in [-0.3, -0.25) is 0 Å².